The number of hydrogen-bond acceptors (Lipinski definition) is 5. The smallest absolute Gasteiger partial charge is 0.324 e. The highest BCUT2D eigenvalue weighted by Gasteiger charge is 2.53. The number of anilines is 1. The standard InChI is InChI=1S/C14H15N5O2/c1-18-12(20)15-7-14(18)8-19(9-14)13-16-11(17-21-13)10-5-3-2-4-6-10/h2-6H,7-9H2,1H3,(H,15,20). The van der Waals surface area contributed by atoms with E-state index in [0.717, 1.165) is 5.56 Å². The molecule has 0 unspecified atom stereocenters. The van der Waals surface area contributed by atoms with Gasteiger partial charge in [0.1, 0.15) is 0 Å². The molecule has 2 aliphatic rings. The molecule has 0 radical (unpaired) electrons. The first kappa shape index (κ1) is 12.2. The fourth-order valence-electron chi connectivity index (χ4n) is 2.86. The Hall–Kier alpha value is -2.57. The quantitative estimate of drug-likeness (QED) is 0.889. The van der Waals surface area contributed by atoms with E-state index in [1.165, 1.54) is 0 Å². The third-order valence-electron chi connectivity index (χ3n) is 4.27. The van der Waals surface area contributed by atoms with Crippen molar-refractivity contribution in [3.05, 3.63) is 30.3 Å². The molecule has 1 aromatic heterocycles. The summed E-state index contributed by atoms with van der Waals surface area (Å²) in [5.74, 6) is 0.584. The molecule has 2 saturated heterocycles. The summed E-state index contributed by atoms with van der Waals surface area (Å²) in [5.41, 5.74) is 0.788. The molecule has 1 N–H and O–H groups in total. The van der Waals surface area contributed by atoms with Gasteiger partial charge < -0.3 is 19.6 Å². The number of nitrogens with one attached hydrogen (secondary N) is 1. The Kier molecular flexibility index (Phi) is 2.44. The van der Waals surface area contributed by atoms with E-state index in [1.807, 2.05) is 42.3 Å². The predicted molar refractivity (Wildman–Crippen MR) is 75.8 cm³/mol. The zero-order valence-corrected chi connectivity index (χ0v) is 11.6. The molecular formula is C14H15N5O2. The molecule has 2 amide bonds. The lowest BCUT2D eigenvalue weighted by Gasteiger charge is -2.49. The average molecular weight is 285 g/mol. The molecule has 2 fully saturated rings. The molecule has 0 saturated carbocycles. The lowest BCUT2D eigenvalue weighted by atomic mass is 9.90. The van der Waals surface area contributed by atoms with Crippen molar-refractivity contribution in [1.29, 1.82) is 0 Å². The zero-order valence-electron chi connectivity index (χ0n) is 11.6. The minimum atomic E-state index is -0.140. The number of hydrogen-bond donors (Lipinski definition) is 1. The van der Waals surface area contributed by atoms with E-state index in [1.54, 1.807) is 4.90 Å². The van der Waals surface area contributed by atoms with Crippen LogP contribution in [0.4, 0.5) is 10.8 Å². The monoisotopic (exact) mass is 285 g/mol. The van der Waals surface area contributed by atoms with Crippen LogP contribution in [0.15, 0.2) is 34.9 Å². The number of aromatic nitrogens is 2. The predicted octanol–water partition coefficient (Wildman–Crippen LogP) is 0.950. The Bertz CT molecular complexity index is 678. The zero-order chi connectivity index (χ0) is 14.4. The summed E-state index contributed by atoms with van der Waals surface area (Å²) in [4.78, 5) is 19.7. The van der Waals surface area contributed by atoms with E-state index < -0.39 is 0 Å². The highest BCUT2D eigenvalue weighted by molar-refractivity contribution is 5.78. The second kappa shape index (κ2) is 4.21. The van der Waals surface area contributed by atoms with Crippen LogP contribution in [0.5, 0.6) is 0 Å². The Balaban J connectivity index is 1.50. The van der Waals surface area contributed by atoms with E-state index in [0.29, 0.717) is 31.5 Å². The van der Waals surface area contributed by atoms with Crippen LogP contribution in [0.2, 0.25) is 0 Å². The number of urea groups is 1. The van der Waals surface area contributed by atoms with Gasteiger partial charge in [-0.15, -0.1) is 0 Å². The van der Waals surface area contributed by atoms with Crippen LogP contribution in [0.3, 0.4) is 0 Å². The fraction of sp³-hybridized carbons (Fsp3) is 0.357. The SMILES string of the molecule is CN1C(=O)NCC12CN(c1nc(-c3ccccc3)no1)C2. The largest absolute Gasteiger partial charge is 0.335 e. The van der Waals surface area contributed by atoms with Gasteiger partial charge in [-0.25, -0.2) is 4.79 Å². The van der Waals surface area contributed by atoms with Crippen molar-refractivity contribution in [3.8, 4) is 11.4 Å². The lowest BCUT2D eigenvalue weighted by molar-refractivity contribution is 0.146. The van der Waals surface area contributed by atoms with Gasteiger partial charge in [0.2, 0.25) is 5.82 Å². The Morgan fingerprint density at radius 1 is 1.29 bits per heavy atom. The summed E-state index contributed by atoms with van der Waals surface area (Å²) in [7, 11) is 1.82. The normalized spacial score (nSPS) is 19.8. The molecule has 21 heavy (non-hydrogen) atoms. The molecular weight excluding hydrogens is 270 g/mol. The van der Waals surface area contributed by atoms with Crippen molar-refractivity contribution >= 4 is 12.0 Å². The number of carbonyl (C=O) groups excluding carboxylic acids is 1. The lowest BCUT2D eigenvalue weighted by Crippen LogP contribution is -2.69. The maximum absolute atomic E-state index is 11.6. The Labute approximate surface area is 121 Å². The molecule has 7 heteroatoms. The van der Waals surface area contributed by atoms with Gasteiger partial charge in [-0.2, -0.15) is 4.98 Å². The van der Waals surface area contributed by atoms with Crippen molar-refractivity contribution in [3.63, 3.8) is 0 Å². The topological polar surface area (TPSA) is 74.5 Å². The third kappa shape index (κ3) is 1.77. The summed E-state index contributed by atoms with van der Waals surface area (Å²) in [5, 5.41) is 6.87. The van der Waals surface area contributed by atoms with Crippen molar-refractivity contribution < 1.29 is 9.32 Å². The van der Waals surface area contributed by atoms with Crippen molar-refractivity contribution in [2.45, 2.75) is 5.54 Å². The van der Waals surface area contributed by atoms with Crippen LogP contribution < -0.4 is 10.2 Å². The first-order chi connectivity index (χ1) is 10.2. The minimum Gasteiger partial charge on any atom is -0.335 e. The molecule has 0 bridgehead atoms. The molecule has 0 aliphatic carbocycles. The molecule has 0 atom stereocenters. The number of likely N-dealkylation sites (N-methyl/N-ethyl adjacent to an activating group) is 1. The summed E-state index contributed by atoms with van der Waals surface area (Å²) < 4.78 is 5.33. The van der Waals surface area contributed by atoms with Crippen LogP contribution in [0.25, 0.3) is 11.4 Å². The summed E-state index contributed by atoms with van der Waals surface area (Å²) in [6, 6.07) is 10.2. The van der Waals surface area contributed by atoms with Crippen LogP contribution in [-0.2, 0) is 0 Å². The molecule has 2 aromatic rings. The van der Waals surface area contributed by atoms with Gasteiger partial charge in [0.15, 0.2) is 0 Å². The summed E-state index contributed by atoms with van der Waals surface area (Å²) in [6.07, 6.45) is 0. The molecule has 3 heterocycles. The number of benzene rings is 1. The summed E-state index contributed by atoms with van der Waals surface area (Å²) in [6.45, 7) is 2.08. The van der Waals surface area contributed by atoms with E-state index in [9.17, 15) is 4.79 Å². The summed E-state index contributed by atoms with van der Waals surface area (Å²) >= 11 is 0. The highest BCUT2D eigenvalue weighted by atomic mass is 16.5. The van der Waals surface area contributed by atoms with Crippen molar-refractivity contribution in [2.24, 2.45) is 0 Å². The number of rotatable bonds is 2. The van der Waals surface area contributed by atoms with Gasteiger partial charge in [-0.1, -0.05) is 35.5 Å². The van der Waals surface area contributed by atoms with Gasteiger partial charge in [0.25, 0.3) is 0 Å². The van der Waals surface area contributed by atoms with Gasteiger partial charge in [-0.3, -0.25) is 0 Å². The fourth-order valence-corrected chi connectivity index (χ4v) is 2.86. The van der Waals surface area contributed by atoms with Gasteiger partial charge in [-0.05, 0) is 0 Å². The second-order valence-corrected chi connectivity index (χ2v) is 5.56. The minimum absolute atomic E-state index is 0.0230. The van der Waals surface area contributed by atoms with Crippen LogP contribution in [-0.4, -0.2) is 53.3 Å². The molecule has 1 aromatic carbocycles. The van der Waals surface area contributed by atoms with Crippen LogP contribution in [0.1, 0.15) is 0 Å². The first-order valence-corrected chi connectivity index (χ1v) is 6.84. The molecule has 2 aliphatic heterocycles. The van der Waals surface area contributed by atoms with E-state index in [-0.39, 0.29) is 11.6 Å². The molecule has 7 nitrogen and oxygen atoms in total. The maximum Gasteiger partial charge on any atom is 0.324 e. The second-order valence-electron chi connectivity index (χ2n) is 5.56. The number of carbonyl (C=O) groups is 1. The molecule has 1 spiro atoms. The van der Waals surface area contributed by atoms with Gasteiger partial charge in [0, 0.05) is 32.2 Å². The molecule has 108 valence electrons. The van der Waals surface area contributed by atoms with Crippen LogP contribution in [0, 0.1) is 0 Å². The van der Waals surface area contributed by atoms with Gasteiger partial charge >= 0.3 is 12.0 Å². The third-order valence-corrected chi connectivity index (χ3v) is 4.27. The van der Waals surface area contributed by atoms with Crippen molar-refractivity contribution in [2.75, 3.05) is 31.6 Å². The van der Waals surface area contributed by atoms with Crippen LogP contribution >= 0.6 is 0 Å². The Morgan fingerprint density at radius 2 is 2.05 bits per heavy atom. The Morgan fingerprint density at radius 3 is 2.71 bits per heavy atom. The highest BCUT2D eigenvalue weighted by Crippen LogP contribution is 2.33. The van der Waals surface area contributed by atoms with Crippen molar-refractivity contribution in [1.82, 2.24) is 20.4 Å². The average Bonchev–Trinajstić information content (AvgIpc) is 3.05. The first-order valence-electron chi connectivity index (χ1n) is 6.84. The molecule has 4 rings (SSSR count). The van der Waals surface area contributed by atoms with E-state index in [4.69, 9.17) is 4.52 Å². The number of nitrogens with zero attached hydrogens (tertiary/aromatic N) is 4. The maximum atomic E-state index is 11.6. The van der Waals surface area contributed by atoms with E-state index >= 15 is 0 Å². The van der Waals surface area contributed by atoms with E-state index in [2.05, 4.69) is 15.5 Å². The number of amides is 2. The van der Waals surface area contributed by atoms with Gasteiger partial charge in [0.05, 0.1) is 5.54 Å².